The van der Waals surface area contributed by atoms with Crippen LogP contribution in [0, 0.1) is 0 Å². The highest BCUT2D eigenvalue weighted by molar-refractivity contribution is 5.85. The van der Waals surface area contributed by atoms with E-state index in [0.29, 0.717) is 6.61 Å². The molecule has 1 aromatic rings. The molecule has 1 aliphatic heterocycles. The van der Waals surface area contributed by atoms with Crippen molar-refractivity contribution in [2.45, 2.75) is 25.6 Å². The standard InChI is InChI=1S/C7H11N3O2.ClH/c11-3-5-1-2-6-7(4-12-5)9-10-8-6;/h5,11H,1-4H2,(H,8,9,10);1H. The number of aryl methyl sites for hydroxylation is 1. The zero-order valence-corrected chi connectivity index (χ0v) is 7.88. The molecule has 2 N–H and O–H groups in total. The molecule has 0 amide bonds. The summed E-state index contributed by atoms with van der Waals surface area (Å²) in [5.74, 6) is 0. The first-order chi connectivity index (χ1) is 5.90. The average Bonchev–Trinajstić information content (AvgIpc) is 2.46. The van der Waals surface area contributed by atoms with Crippen LogP contribution in [0.1, 0.15) is 17.8 Å². The summed E-state index contributed by atoms with van der Waals surface area (Å²) < 4.78 is 5.36. The Kier molecular flexibility index (Phi) is 3.65. The van der Waals surface area contributed by atoms with Crippen LogP contribution in [0.5, 0.6) is 0 Å². The monoisotopic (exact) mass is 205 g/mol. The Morgan fingerprint density at radius 3 is 3.00 bits per heavy atom. The van der Waals surface area contributed by atoms with Gasteiger partial charge in [0, 0.05) is 0 Å². The molecular formula is C7H12ClN3O2. The number of nitrogens with zero attached hydrogens (tertiary/aromatic N) is 2. The lowest BCUT2D eigenvalue weighted by Crippen LogP contribution is -2.16. The summed E-state index contributed by atoms with van der Waals surface area (Å²) in [4.78, 5) is 0. The Morgan fingerprint density at radius 1 is 1.46 bits per heavy atom. The van der Waals surface area contributed by atoms with E-state index in [2.05, 4.69) is 15.4 Å². The van der Waals surface area contributed by atoms with Crippen molar-refractivity contribution in [3.8, 4) is 0 Å². The van der Waals surface area contributed by atoms with Gasteiger partial charge in [0.25, 0.3) is 0 Å². The zero-order chi connectivity index (χ0) is 8.39. The first-order valence-corrected chi connectivity index (χ1v) is 4.01. The fourth-order valence-electron chi connectivity index (χ4n) is 1.31. The molecule has 1 unspecified atom stereocenters. The van der Waals surface area contributed by atoms with Crippen LogP contribution in [0.4, 0.5) is 0 Å². The van der Waals surface area contributed by atoms with E-state index in [-0.39, 0.29) is 25.1 Å². The van der Waals surface area contributed by atoms with Gasteiger partial charge in [-0.3, -0.25) is 0 Å². The molecule has 0 aliphatic carbocycles. The van der Waals surface area contributed by atoms with Crippen molar-refractivity contribution in [2.24, 2.45) is 0 Å². The maximum atomic E-state index is 8.86. The number of aromatic amines is 1. The second kappa shape index (κ2) is 4.55. The lowest BCUT2D eigenvalue weighted by atomic mass is 10.1. The van der Waals surface area contributed by atoms with Crippen molar-refractivity contribution in [1.82, 2.24) is 15.4 Å². The van der Waals surface area contributed by atoms with Gasteiger partial charge < -0.3 is 9.84 Å². The van der Waals surface area contributed by atoms with E-state index in [1.54, 1.807) is 0 Å². The first-order valence-electron chi connectivity index (χ1n) is 4.01. The number of aromatic nitrogens is 3. The molecule has 0 spiro atoms. The topological polar surface area (TPSA) is 71.0 Å². The van der Waals surface area contributed by atoms with Crippen molar-refractivity contribution >= 4 is 12.4 Å². The number of aliphatic hydroxyl groups is 1. The summed E-state index contributed by atoms with van der Waals surface area (Å²) in [7, 11) is 0. The quantitative estimate of drug-likeness (QED) is 0.680. The van der Waals surface area contributed by atoms with Gasteiger partial charge in [0.2, 0.25) is 0 Å². The summed E-state index contributed by atoms with van der Waals surface area (Å²) in [6.07, 6.45) is 1.59. The number of fused-ring (bicyclic) bond motifs is 1. The molecule has 1 aliphatic rings. The van der Waals surface area contributed by atoms with E-state index in [9.17, 15) is 0 Å². The van der Waals surface area contributed by atoms with Crippen molar-refractivity contribution < 1.29 is 9.84 Å². The molecule has 13 heavy (non-hydrogen) atoms. The van der Waals surface area contributed by atoms with Gasteiger partial charge in [-0.15, -0.1) is 12.4 Å². The van der Waals surface area contributed by atoms with Gasteiger partial charge in [-0.2, -0.15) is 15.4 Å². The molecule has 0 radical (unpaired) electrons. The third-order valence-electron chi connectivity index (χ3n) is 2.07. The van der Waals surface area contributed by atoms with Crippen LogP contribution in [-0.2, 0) is 17.8 Å². The summed E-state index contributed by atoms with van der Waals surface area (Å²) >= 11 is 0. The maximum absolute atomic E-state index is 8.86. The second-order valence-electron chi connectivity index (χ2n) is 2.87. The average molecular weight is 206 g/mol. The predicted octanol–water partition coefficient (Wildman–Crippen LogP) is 0.0502. The van der Waals surface area contributed by atoms with Crippen molar-refractivity contribution in [3.63, 3.8) is 0 Å². The molecule has 74 valence electrons. The van der Waals surface area contributed by atoms with E-state index in [1.807, 2.05) is 0 Å². The largest absolute Gasteiger partial charge is 0.394 e. The zero-order valence-electron chi connectivity index (χ0n) is 7.06. The molecule has 2 heterocycles. The van der Waals surface area contributed by atoms with Crippen LogP contribution in [-0.4, -0.2) is 33.2 Å². The van der Waals surface area contributed by atoms with Crippen molar-refractivity contribution in [2.75, 3.05) is 6.61 Å². The number of halogens is 1. The second-order valence-corrected chi connectivity index (χ2v) is 2.87. The lowest BCUT2D eigenvalue weighted by Gasteiger charge is -2.09. The van der Waals surface area contributed by atoms with Crippen LogP contribution in [0.2, 0.25) is 0 Å². The number of hydrogen-bond donors (Lipinski definition) is 2. The third-order valence-corrected chi connectivity index (χ3v) is 2.07. The van der Waals surface area contributed by atoms with Gasteiger partial charge in [-0.05, 0) is 12.8 Å². The summed E-state index contributed by atoms with van der Waals surface area (Å²) in [6.45, 7) is 0.533. The lowest BCUT2D eigenvalue weighted by molar-refractivity contribution is 0.00134. The van der Waals surface area contributed by atoms with Gasteiger partial charge >= 0.3 is 0 Å². The molecule has 0 saturated carbocycles. The Labute approximate surface area is 81.9 Å². The molecule has 0 aromatic carbocycles. The van der Waals surface area contributed by atoms with Gasteiger partial charge in [0.15, 0.2) is 0 Å². The molecule has 0 bridgehead atoms. The molecule has 6 heteroatoms. The highest BCUT2D eigenvalue weighted by Gasteiger charge is 2.18. The summed E-state index contributed by atoms with van der Waals surface area (Å²) in [5.41, 5.74) is 1.83. The van der Waals surface area contributed by atoms with E-state index in [1.165, 1.54) is 0 Å². The van der Waals surface area contributed by atoms with Crippen molar-refractivity contribution in [3.05, 3.63) is 11.4 Å². The van der Waals surface area contributed by atoms with Gasteiger partial charge in [-0.25, -0.2) is 0 Å². The Balaban J connectivity index is 0.000000845. The highest BCUT2D eigenvalue weighted by atomic mass is 35.5. The number of aliphatic hydroxyl groups excluding tert-OH is 1. The van der Waals surface area contributed by atoms with E-state index < -0.39 is 0 Å². The van der Waals surface area contributed by atoms with Crippen LogP contribution >= 0.6 is 12.4 Å². The van der Waals surface area contributed by atoms with Crippen molar-refractivity contribution in [1.29, 1.82) is 0 Å². The van der Waals surface area contributed by atoms with Gasteiger partial charge in [0.05, 0.1) is 25.0 Å². The molecule has 0 fully saturated rings. The molecule has 0 saturated heterocycles. The molecule has 2 rings (SSSR count). The Hall–Kier alpha value is -0.650. The van der Waals surface area contributed by atoms with Crippen LogP contribution < -0.4 is 0 Å². The fourth-order valence-corrected chi connectivity index (χ4v) is 1.31. The Bertz CT molecular complexity index is 243. The normalized spacial score (nSPS) is 21.5. The molecule has 1 atom stereocenters. The predicted molar refractivity (Wildman–Crippen MR) is 47.6 cm³/mol. The number of hydrogen-bond acceptors (Lipinski definition) is 4. The first kappa shape index (κ1) is 10.4. The Morgan fingerprint density at radius 2 is 2.23 bits per heavy atom. The summed E-state index contributed by atoms with van der Waals surface area (Å²) in [6, 6.07) is 0. The van der Waals surface area contributed by atoms with E-state index in [4.69, 9.17) is 9.84 Å². The SMILES string of the molecule is Cl.OCC1CCc2n[nH]nc2CO1. The number of H-pyrrole nitrogens is 1. The molecular weight excluding hydrogens is 194 g/mol. The highest BCUT2D eigenvalue weighted by Crippen LogP contribution is 2.15. The number of ether oxygens (including phenoxy) is 1. The van der Waals surface area contributed by atoms with Crippen LogP contribution in [0.3, 0.4) is 0 Å². The fraction of sp³-hybridized carbons (Fsp3) is 0.714. The third kappa shape index (κ3) is 2.18. The minimum Gasteiger partial charge on any atom is -0.394 e. The number of rotatable bonds is 1. The smallest absolute Gasteiger partial charge is 0.111 e. The van der Waals surface area contributed by atoms with E-state index in [0.717, 1.165) is 24.2 Å². The van der Waals surface area contributed by atoms with Gasteiger partial charge in [-0.1, -0.05) is 0 Å². The minimum absolute atomic E-state index is 0. The number of nitrogens with one attached hydrogen (secondary N) is 1. The van der Waals surface area contributed by atoms with Crippen LogP contribution in [0.25, 0.3) is 0 Å². The molecule has 5 nitrogen and oxygen atoms in total. The summed E-state index contributed by atoms with van der Waals surface area (Å²) in [5, 5.41) is 19.3. The maximum Gasteiger partial charge on any atom is 0.111 e. The minimum atomic E-state index is -0.0546. The van der Waals surface area contributed by atoms with Gasteiger partial charge in [0.1, 0.15) is 5.69 Å². The van der Waals surface area contributed by atoms with Crippen LogP contribution in [0.15, 0.2) is 0 Å². The molecule has 1 aromatic heterocycles. The van der Waals surface area contributed by atoms with E-state index >= 15 is 0 Å².